The molecule has 138 valence electrons. The highest BCUT2D eigenvalue weighted by Gasteiger charge is 2.31. The maximum atomic E-state index is 12.8. The molecule has 0 bridgehead atoms. The third kappa shape index (κ3) is 4.31. The van der Waals surface area contributed by atoms with Crippen LogP contribution in [0.3, 0.4) is 0 Å². The van der Waals surface area contributed by atoms with Crippen molar-refractivity contribution < 1.29 is 22.7 Å². The molecule has 1 heterocycles. The van der Waals surface area contributed by atoms with Crippen molar-refractivity contribution in [2.24, 2.45) is 5.92 Å². The lowest BCUT2D eigenvalue weighted by molar-refractivity contribution is -0.117. The fourth-order valence-electron chi connectivity index (χ4n) is 2.64. The SMILES string of the molecule is CC(C)Oc1ccc(S(=O)(=O)N2CCOCC2)cc1NC(=O)C1CC1. The lowest BCUT2D eigenvalue weighted by Gasteiger charge is -2.26. The Bertz CT molecular complexity index is 737. The first-order valence-electron chi connectivity index (χ1n) is 8.57. The van der Waals surface area contributed by atoms with Gasteiger partial charge in [-0.1, -0.05) is 0 Å². The van der Waals surface area contributed by atoms with Crippen LogP contribution in [-0.2, 0) is 19.6 Å². The minimum atomic E-state index is -3.62. The zero-order valence-corrected chi connectivity index (χ0v) is 15.3. The molecule has 1 saturated heterocycles. The molecule has 25 heavy (non-hydrogen) atoms. The monoisotopic (exact) mass is 368 g/mol. The Kier molecular flexibility index (Phi) is 5.31. The van der Waals surface area contributed by atoms with E-state index in [4.69, 9.17) is 9.47 Å². The van der Waals surface area contributed by atoms with Crippen LogP contribution in [0.5, 0.6) is 5.75 Å². The molecule has 2 aliphatic rings. The molecule has 1 amide bonds. The van der Waals surface area contributed by atoms with Gasteiger partial charge in [0.25, 0.3) is 0 Å². The molecule has 1 aromatic carbocycles. The van der Waals surface area contributed by atoms with Gasteiger partial charge in [-0.3, -0.25) is 4.79 Å². The van der Waals surface area contributed by atoms with Crippen LogP contribution in [-0.4, -0.2) is 51.0 Å². The quantitative estimate of drug-likeness (QED) is 0.828. The number of carbonyl (C=O) groups excluding carboxylic acids is 1. The van der Waals surface area contributed by atoms with E-state index in [-0.39, 0.29) is 22.8 Å². The number of carbonyl (C=O) groups is 1. The number of ether oxygens (including phenoxy) is 2. The van der Waals surface area contributed by atoms with Crippen LogP contribution in [0.2, 0.25) is 0 Å². The Morgan fingerprint density at radius 3 is 2.56 bits per heavy atom. The fraction of sp³-hybridized carbons (Fsp3) is 0.588. The number of nitrogens with one attached hydrogen (secondary N) is 1. The van der Waals surface area contributed by atoms with E-state index in [0.717, 1.165) is 12.8 Å². The number of anilines is 1. The van der Waals surface area contributed by atoms with Crippen LogP contribution in [0.25, 0.3) is 0 Å². The summed E-state index contributed by atoms with van der Waals surface area (Å²) in [5.41, 5.74) is 0.403. The van der Waals surface area contributed by atoms with Gasteiger partial charge in [-0.2, -0.15) is 4.31 Å². The Balaban J connectivity index is 1.90. The summed E-state index contributed by atoms with van der Waals surface area (Å²) in [6.07, 6.45) is 1.66. The number of benzene rings is 1. The summed E-state index contributed by atoms with van der Waals surface area (Å²) >= 11 is 0. The standard InChI is InChI=1S/C17H24N2O5S/c1-12(2)24-16-6-5-14(11-15(16)18-17(20)13-3-4-13)25(21,22)19-7-9-23-10-8-19/h5-6,11-13H,3-4,7-10H2,1-2H3,(H,18,20). The third-order valence-electron chi connectivity index (χ3n) is 4.13. The van der Waals surface area contributed by atoms with Crippen molar-refractivity contribution in [1.29, 1.82) is 0 Å². The van der Waals surface area contributed by atoms with Crippen LogP contribution in [0, 0.1) is 5.92 Å². The molecule has 1 N–H and O–H groups in total. The summed E-state index contributed by atoms with van der Waals surface area (Å²) in [5.74, 6) is 0.408. The predicted octanol–water partition coefficient (Wildman–Crippen LogP) is 1.84. The summed E-state index contributed by atoms with van der Waals surface area (Å²) in [6.45, 7) is 5.19. The summed E-state index contributed by atoms with van der Waals surface area (Å²) in [7, 11) is -3.62. The molecule has 3 rings (SSSR count). The molecule has 0 radical (unpaired) electrons. The minimum Gasteiger partial charge on any atom is -0.489 e. The van der Waals surface area contributed by atoms with Crippen LogP contribution >= 0.6 is 0 Å². The number of rotatable bonds is 6. The first-order chi connectivity index (χ1) is 11.9. The molecule has 0 unspecified atom stereocenters. The number of sulfonamides is 1. The first-order valence-corrected chi connectivity index (χ1v) is 10.0. The molecule has 1 aliphatic heterocycles. The van der Waals surface area contributed by atoms with Gasteiger partial charge in [0.2, 0.25) is 15.9 Å². The number of morpholine rings is 1. The number of nitrogens with zero attached hydrogens (tertiary/aromatic N) is 1. The Morgan fingerprint density at radius 1 is 1.28 bits per heavy atom. The van der Waals surface area contributed by atoms with Crippen molar-refractivity contribution in [1.82, 2.24) is 4.31 Å². The van der Waals surface area contributed by atoms with Gasteiger partial charge in [-0.25, -0.2) is 8.42 Å². The van der Waals surface area contributed by atoms with E-state index < -0.39 is 10.0 Å². The second kappa shape index (κ2) is 7.31. The highest BCUT2D eigenvalue weighted by Crippen LogP contribution is 2.34. The van der Waals surface area contributed by atoms with Crippen LogP contribution in [0.4, 0.5) is 5.69 Å². The van der Waals surface area contributed by atoms with Gasteiger partial charge in [-0.15, -0.1) is 0 Å². The topological polar surface area (TPSA) is 84.9 Å². The Hall–Kier alpha value is -1.64. The van der Waals surface area contributed by atoms with Gasteiger partial charge in [0.1, 0.15) is 5.75 Å². The van der Waals surface area contributed by atoms with E-state index in [9.17, 15) is 13.2 Å². The highest BCUT2D eigenvalue weighted by atomic mass is 32.2. The predicted molar refractivity (Wildman–Crippen MR) is 93.1 cm³/mol. The maximum absolute atomic E-state index is 12.8. The highest BCUT2D eigenvalue weighted by molar-refractivity contribution is 7.89. The fourth-order valence-corrected chi connectivity index (χ4v) is 4.07. The van der Waals surface area contributed by atoms with Gasteiger partial charge in [0.05, 0.1) is 29.9 Å². The molecular weight excluding hydrogens is 344 g/mol. The average Bonchev–Trinajstić information content (AvgIpc) is 3.41. The van der Waals surface area contributed by atoms with Crippen molar-refractivity contribution in [3.8, 4) is 5.75 Å². The van der Waals surface area contributed by atoms with Crippen LogP contribution < -0.4 is 10.1 Å². The molecule has 8 heteroatoms. The molecule has 1 saturated carbocycles. The molecule has 7 nitrogen and oxygen atoms in total. The normalized spacial score (nSPS) is 19.0. The summed E-state index contributed by atoms with van der Waals surface area (Å²) in [5, 5.41) is 2.82. The third-order valence-corrected chi connectivity index (χ3v) is 6.02. The van der Waals surface area contributed by atoms with Gasteiger partial charge in [0.15, 0.2) is 0 Å². The van der Waals surface area contributed by atoms with Crippen molar-refractivity contribution in [3.63, 3.8) is 0 Å². The zero-order valence-electron chi connectivity index (χ0n) is 14.5. The Labute approximate surface area is 148 Å². The van der Waals surface area contributed by atoms with Crippen LogP contribution in [0.1, 0.15) is 26.7 Å². The Morgan fingerprint density at radius 2 is 1.96 bits per heavy atom. The van der Waals surface area contributed by atoms with Crippen molar-refractivity contribution in [2.45, 2.75) is 37.7 Å². The number of hydrogen-bond acceptors (Lipinski definition) is 5. The smallest absolute Gasteiger partial charge is 0.243 e. The second-order valence-corrected chi connectivity index (χ2v) is 8.54. The molecular formula is C17H24N2O5S. The molecule has 2 fully saturated rings. The summed E-state index contributed by atoms with van der Waals surface area (Å²) in [4.78, 5) is 12.3. The van der Waals surface area contributed by atoms with E-state index in [1.54, 1.807) is 6.07 Å². The number of hydrogen-bond donors (Lipinski definition) is 1. The van der Waals surface area contributed by atoms with Crippen molar-refractivity contribution in [2.75, 3.05) is 31.6 Å². The van der Waals surface area contributed by atoms with E-state index in [0.29, 0.717) is 37.7 Å². The van der Waals surface area contributed by atoms with Gasteiger partial charge in [-0.05, 0) is 44.9 Å². The van der Waals surface area contributed by atoms with Crippen LogP contribution in [0.15, 0.2) is 23.1 Å². The van der Waals surface area contributed by atoms with Crippen molar-refractivity contribution in [3.05, 3.63) is 18.2 Å². The van der Waals surface area contributed by atoms with Gasteiger partial charge >= 0.3 is 0 Å². The lowest BCUT2D eigenvalue weighted by atomic mass is 10.2. The molecule has 0 spiro atoms. The van der Waals surface area contributed by atoms with Gasteiger partial charge in [0, 0.05) is 19.0 Å². The second-order valence-electron chi connectivity index (χ2n) is 6.60. The molecule has 1 aliphatic carbocycles. The van der Waals surface area contributed by atoms with E-state index in [2.05, 4.69) is 5.32 Å². The van der Waals surface area contributed by atoms with E-state index >= 15 is 0 Å². The average molecular weight is 368 g/mol. The summed E-state index contributed by atoms with van der Waals surface area (Å²) < 4.78 is 38.0. The largest absolute Gasteiger partial charge is 0.489 e. The van der Waals surface area contributed by atoms with E-state index in [1.165, 1.54) is 16.4 Å². The maximum Gasteiger partial charge on any atom is 0.243 e. The zero-order chi connectivity index (χ0) is 18.0. The molecule has 0 atom stereocenters. The molecule has 0 aromatic heterocycles. The first kappa shape index (κ1) is 18.2. The lowest BCUT2D eigenvalue weighted by Crippen LogP contribution is -2.40. The summed E-state index contributed by atoms with van der Waals surface area (Å²) in [6, 6.07) is 4.62. The van der Waals surface area contributed by atoms with E-state index in [1.807, 2.05) is 13.8 Å². The van der Waals surface area contributed by atoms with Gasteiger partial charge < -0.3 is 14.8 Å². The minimum absolute atomic E-state index is 0.0198. The van der Waals surface area contributed by atoms with Crippen molar-refractivity contribution >= 4 is 21.6 Å². The molecule has 1 aromatic rings. The number of amides is 1.